The van der Waals surface area contributed by atoms with Crippen LogP contribution in [-0.4, -0.2) is 32.8 Å². The van der Waals surface area contributed by atoms with Gasteiger partial charge in [-0.2, -0.15) is 4.98 Å². The van der Waals surface area contributed by atoms with Crippen LogP contribution in [0.3, 0.4) is 0 Å². The van der Waals surface area contributed by atoms with Gasteiger partial charge in [-0.1, -0.05) is 10.3 Å². The SMILES string of the molecule is Cc1nc(C(=O)Nc2nnc(C3CCCN3)o2)no1. The molecule has 0 radical (unpaired) electrons. The number of rotatable bonds is 3. The zero-order valence-electron chi connectivity index (χ0n) is 10.2. The molecule has 1 atom stereocenters. The largest absolute Gasteiger partial charge is 0.406 e. The van der Waals surface area contributed by atoms with Crippen molar-refractivity contribution in [2.75, 3.05) is 11.9 Å². The first-order chi connectivity index (χ1) is 9.22. The summed E-state index contributed by atoms with van der Waals surface area (Å²) in [5, 5.41) is 16.8. The summed E-state index contributed by atoms with van der Waals surface area (Å²) in [7, 11) is 0. The van der Waals surface area contributed by atoms with Crippen LogP contribution in [0.25, 0.3) is 0 Å². The molecule has 2 aromatic heterocycles. The van der Waals surface area contributed by atoms with E-state index in [4.69, 9.17) is 8.94 Å². The molecule has 0 aliphatic carbocycles. The maximum Gasteiger partial charge on any atom is 0.322 e. The summed E-state index contributed by atoms with van der Waals surface area (Å²) >= 11 is 0. The van der Waals surface area contributed by atoms with Crippen molar-refractivity contribution >= 4 is 11.9 Å². The van der Waals surface area contributed by atoms with Crippen LogP contribution in [0, 0.1) is 6.92 Å². The number of carbonyl (C=O) groups is 1. The zero-order valence-corrected chi connectivity index (χ0v) is 10.2. The minimum atomic E-state index is -0.550. The number of amides is 1. The Balaban J connectivity index is 1.68. The van der Waals surface area contributed by atoms with Crippen molar-refractivity contribution in [3.63, 3.8) is 0 Å². The Hall–Kier alpha value is -2.29. The zero-order chi connectivity index (χ0) is 13.2. The standard InChI is InChI=1S/C10H12N6O3/c1-5-12-7(16-19-5)8(17)13-10-15-14-9(18-10)6-3-2-4-11-6/h6,11H,2-4H2,1H3,(H,13,15,17). The van der Waals surface area contributed by atoms with Gasteiger partial charge in [-0.3, -0.25) is 10.1 Å². The molecular weight excluding hydrogens is 252 g/mol. The summed E-state index contributed by atoms with van der Waals surface area (Å²) in [5.41, 5.74) is 0. The molecule has 1 amide bonds. The van der Waals surface area contributed by atoms with Crippen LogP contribution in [0.5, 0.6) is 0 Å². The highest BCUT2D eigenvalue weighted by atomic mass is 16.5. The number of carbonyl (C=O) groups excluding carboxylic acids is 1. The highest BCUT2D eigenvalue weighted by Crippen LogP contribution is 2.22. The molecule has 1 aliphatic heterocycles. The van der Waals surface area contributed by atoms with Gasteiger partial charge in [0.15, 0.2) is 0 Å². The predicted molar refractivity (Wildman–Crippen MR) is 61.3 cm³/mol. The first-order valence-electron chi connectivity index (χ1n) is 5.91. The first-order valence-corrected chi connectivity index (χ1v) is 5.91. The molecule has 100 valence electrons. The Kier molecular flexibility index (Phi) is 2.95. The van der Waals surface area contributed by atoms with Gasteiger partial charge in [-0.15, -0.1) is 5.10 Å². The van der Waals surface area contributed by atoms with Gasteiger partial charge in [0.1, 0.15) is 0 Å². The molecule has 3 heterocycles. The van der Waals surface area contributed by atoms with Gasteiger partial charge in [0, 0.05) is 6.92 Å². The maximum atomic E-state index is 11.7. The maximum absolute atomic E-state index is 11.7. The predicted octanol–water partition coefficient (Wildman–Crippen LogP) is 0.438. The third-order valence-electron chi connectivity index (χ3n) is 2.75. The van der Waals surface area contributed by atoms with E-state index in [0.717, 1.165) is 19.4 Å². The molecule has 1 aliphatic rings. The van der Waals surface area contributed by atoms with Crippen LogP contribution in [0.1, 0.15) is 41.3 Å². The minimum absolute atomic E-state index is 0.0242. The van der Waals surface area contributed by atoms with Crippen molar-refractivity contribution in [3.8, 4) is 0 Å². The molecule has 9 heteroatoms. The average molecular weight is 264 g/mol. The van der Waals surface area contributed by atoms with E-state index in [1.165, 1.54) is 0 Å². The van der Waals surface area contributed by atoms with Gasteiger partial charge >= 0.3 is 11.9 Å². The monoisotopic (exact) mass is 264 g/mol. The van der Waals surface area contributed by atoms with Gasteiger partial charge in [-0.05, 0) is 19.4 Å². The normalized spacial score (nSPS) is 18.7. The molecule has 1 fully saturated rings. The molecule has 1 saturated heterocycles. The fraction of sp³-hybridized carbons (Fsp3) is 0.500. The van der Waals surface area contributed by atoms with Crippen LogP contribution < -0.4 is 10.6 Å². The summed E-state index contributed by atoms with van der Waals surface area (Å²) in [5.74, 6) is 0.159. The summed E-state index contributed by atoms with van der Waals surface area (Å²) in [4.78, 5) is 15.5. The summed E-state index contributed by atoms with van der Waals surface area (Å²) in [6.45, 7) is 2.53. The Labute approximate surface area is 107 Å². The lowest BCUT2D eigenvalue weighted by atomic mass is 10.2. The van der Waals surface area contributed by atoms with Gasteiger partial charge in [0.05, 0.1) is 6.04 Å². The Bertz CT molecular complexity index is 586. The second-order valence-electron chi connectivity index (χ2n) is 4.19. The number of aromatic nitrogens is 4. The van der Waals surface area contributed by atoms with E-state index in [1.54, 1.807) is 6.92 Å². The third kappa shape index (κ3) is 2.45. The van der Waals surface area contributed by atoms with Crippen LogP contribution in [-0.2, 0) is 0 Å². The number of aryl methyl sites for hydroxylation is 1. The second kappa shape index (κ2) is 4.76. The molecule has 0 spiro atoms. The fourth-order valence-corrected chi connectivity index (χ4v) is 1.87. The van der Waals surface area contributed by atoms with Gasteiger partial charge in [0.2, 0.25) is 11.8 Å². The van der Waals surface area contributed by atoms with Crippen molar-refractivity contribution in [1.82, 2.24) is 25.7 Å². The van der Waals surface area contributed by atoms with E-state index in [0.29, 0.717) is 11.8 Å². The minimum Gasteiger partial charge on any atom is -0.406 e. The molecule has 2 aromatic rings. The van der Waals surface area contributed by atoms with Gasteiger partial charge in [-0.25, -0.2) is 0 Å². The number of hydrogen-bond acceptors (Lipinski definition) is 8. The lowest BCUT2D eigenvalue weighted by Gasteiger charge is -2.02. The molecule has 19 heavy (non-hydrogen) atoms. The third-order valence-corrected chi connectivity index (χ3v) is 2.75. The highest BCUT2D eigenvalue weighted by molar-refractivity contribution is 5.99. The Morgan fingerprint density at radius 1 is 1.47 bits per heavy atom. The van der Waals surface area contributed by atoms with Crippen LogP contribution >= 0.6 is 0 Å². The van der Waals surface area contributed by atoms with Gasteiger partial charge in [0.25, 0.3) is 5.82 Å². The molecule has 0 bridgehead atoms. The molecular formula is C10H12N6O3. The number of anilines is 1. The molecule has 2 N–H and O–H groups in total. The van der Waals surface area contributed by atoms with E-state index < -0.39 is 5.91 Å². The summed E-state index contributed by atoms with van der Waals surface area (Å²) < 4.78 is 10.1. The second-order valence-corrected chi connectivity index (χ2v) is 4.19. The van der Waals surface area contributed by atoms with E-state index in [-0.39, 0.29) is 17.9 Å². The van der Waals surface area contributed by atoms with Crippen LogP contribution in [0.2, 0.25) is 0 Å². The number of hydrogen-bond donors (Lipinski definition) is 2. The van der Waals surface area contributed by atoms with Crippen LogP contribution in [0.15, 0.2) is 8.94 Å². The number of nitrogens with one attached hydrogen (secondary N) is 2. The quantitative estimate of drug-likeness (QED) is 0.819. The number of nitrogens with zero attached hydrogens (tertiary/aromatic N) is 4. The van der Waals surface area contributed by atoms with Crippen LogP contribution in [0.4, 0.5) is 6.01 Å². The van der Waals surface area contributed by atoms with Crippen molar-refractivity contribution in [3.05, 3.63) is 17.6 Å². The molecule has 9 nitrogen and oxygen atoms in total. The smallest absolute Gasteiger partial charge is 0.322 e. The van der Waals surface area contributed by atoms with Crippen molar-refractivity contribution < 1.29 is 13.7 Å². The first kappa shape index (κ1) is 11.8. The topological polar surface area (TPSA) is 119 Å². The van der Waals surface area contributed by atoms with Crippen molar-refractivity contribution in [2.24, 2.45) is 0 Å². The van der Waals surface area contributed by atoms with Crippen molar-refractivity contribution in [1.29, 1.82) is 0 Å². The summed E-state index contributed by atoms with van der Waals surface area (Å²) in [6, 6.07) is 0.0849. The van der Waals surface area contributed by atoms with E-state index >= 15 is 0 Å². The summed E-state index contributed by atoms with van der Waals surface area (Å²) in [6.07, 6.45) is 2.01. The highest BCUT2D eigenvalue weighted by Gasteiger charge is 2.23. The molecule has 0 saturated carbocycles. The van der Waals surface area contributed by atoms with Crippen molar-refractivity contribution in [2.45, 2.75) is 25.8 Å². The molecule has 0 aromatic carbocycles. The van der Waals surface area contributed by atoms with E-state index in [1.807, 2.05) is 0 Å². The Morgan fingerprint density at radius 3 is 3.05 bits per heavy atom. The average Bonchev–Trinajstić information content (AvgIpc) is 3.07. The van der Waals surface area contributed by atoms with Gasteiger partial charge < -0.3 is 14.3 Å². The fourth-order valence-electron chi connectivity index (χ4n) is 1.87. The lowest BCUT2D eigenvalue weighted by Crippen LogP contribution is -2.14. The molecule has 3 rings (SSSR count). The van der Waals surface area contributed by atoms with E-state index in [9.17, 15) is 4.79 Å². The van der Waals surface area contributed by atoms with E-state index in [2.05, 4.69) is 31.0 Å². The Morgan fingerprint density at radius 2 is 2.37 bits per heavy atom. The lowest BCUT2D eigenvalue weighted by molar-refractivity contribution is 0.101. The molecule has 1 unspecified atom stereocenters.